The number of fused-ring (bicyclic) bond motifs is 1. The van der Waals surface area contributed by atoms with E-state index in [1.807, 2.05) is 4.90 Å². The van der Waals surface area contributed by atoms with Gasteiger partial charge in [0.25, 0.3) is 0 Å². The lowest BCUT2D eigenvalue weighted by Crippen LogP contribution is -2.34. The first-order valence-corrected chi connectivity index (χ1v) is 11.5. The molecule has 1 aliphatic rings. The molecule has 2 heterocycles. The zero-order chi connectivity index (χ0) is 20.8. The molecular formula is C21H19Cl2FN2O2S. The predicted molar refractivity (Wildman–Crippen MR) is 114 cm³/mol. The van der Waals surface area contributed by atoms with Crippen molar-refractivity contribution in [1.82, 2.24) is 4.98 Å². The van der Waals surface area contributed by atoms with E-state index >= 15 is 0 Å². The largest absolute Gasteiger partial charge is 0.370 e. The van der Waals surface area contributed by atoms with E-state index in [-0.39, 0.29) is 19.8 Å². The zero-order valence-corrected chi connectivity index (χ0v) is 18.0. The van der Waals surface area contributed by atoms with E-state index in [1.165, 1.54) is 36.5 Å². The van der Waals surface area contributed by atoms with Gasteiger partial charge in [0.2, 0.25) is 9.84 Å². The molecule has 0 bridgehead atoms. The molecule has 1 saturated heterocycles. The Morgan fingerprint density at radius 2 is 1.79 bits per heavy atom. The molecule has 29 heavy (non-hydrogen) atoms. The first kappa shape index (κ1) is 20.4. The second kappa shape index (κ2) is 7.74. The van der Waals surface area contributed by atoms with Gasteiger partial charge in [-0.05, 0) is 55.2 Å². The van der Waals surface area contributed by atoms with Gasteiger partial charge in [-0.15, -0.1) is 0 Å². The molecule has 152 valence electrons. The number of benzene rings is 2. The standard InChI is InChI=1S/C21H19Cl2FN2O2S/c1-13-6-8-26(9-7-13)21-16-10-14(24)2-5-19(16)25-12-20(21)29(27,28)15-3-4-17(22)18(23)11-15/h2-5,10-13H,6-9H2,1H3. The molecule has 4 nitrogen and oxygen atoms in total. The SMILES string of the molecule is CC1CCN(c2c(S(=O)(=O)c3ccc(Cl)c(Cl)c3)cnc3ccc(F)cc23)CC1. The number of halogens is 3. The first-order chi connectivity index (χ1) is 13.8. The van der Waals surface area contributed by atoms with Gasteiger partial charge in [0.1, 0.15) is 10.7 Å². The van der Waals surface area contributed by atoms with Crippen molar-refractivity contribution in [2.75, 3.05) is 18.0 Å². The predicted octanol–water partition coefficient (Wildman–Crippen LogP) is 5.75. The second-order valence-corrected chi connectivity index (χ2v) is 10.1. The molecule has 0 atom stereocenters. The molecule has 2 aromatic carbocycles. The summed E-state index contributed by atoms with van der Waals surface area (Å²) in [6.45, 7) is 3.57. The van der Waals surface area contributed by atoms with Crippen molar-refractivity contribution in [3.8, 4) is 0 Å². The number of hydrogen-bond donors (Lipinski definition) is 0. The van der Waals surface area contributed by atoms with Crippen molar-refractivity contribution < 1.29 is 12.8 Å². The Bertz CT molecular complexity index is 1190. The van der Waals surface area contributed by atoms with Gasteiger partial charge >= 0.3 is 0 Å². The monoisotopic (exact) mass is 452 g/mol. The van der Waals surface area contributed by atoms with Gasteiger partial charge in [0.05, 0.1) is 26.1 Å². The summed E-state index contributed by atoms with van der Waals surface area (Å²) < 4.78 is 41.0. The Morgan fingerprint density at radius 1 is 1.07 bits per heavy atom. The number of hydrogen-bond acceptors (Lipinski definition) is 4. The molecular weight excluding hydrogens is 434 g/mol. The van der Waals surface area contributed by atoms with E-state index in [9.17, 15) is 12.8 Å². The van der Waals surface area contributed by atoms with Crippen LogP contribution in [0.4, 0.5) is 10.1 Å². The molecule has 0 radical (unpaired) electrons. The maximum Gasteiger partial charge on any atom is 0.210 e. The Morgan fingerprint density at radius 3 is 2.48 bits per heavy atom. The highest BCUT2D eigenvalue weighted by Gasteiger charge is 2.29. The van der Waals surface area contributed by atoms with Crippen molar-refractivity contribution >= 4 is 49.6 Å². The molecule has 0 aliphatic carbocycles. The van der Waals surface area contributed by atoms with Crippen LogP contribution in [0.15, 0.2) is 52.4 Å². The maximum absolute atomic E-state index is 14.1. The molecule has 0 spiro atoms. The zero-order valence-electron chi connectivity index (χ0n) is 15.7. The van der Waals surface area contributed by atoms with Crippen LogP contribution in [-0.4, -0.2) is 26.5 Å². The highest BCUT2D eigenvalue weighted by molar-refractivity contribution is 7.91. The number of aromatic nitrogens is 1. The van der Waals surface area contributed by atoms with Crippen molar-refractivity contribution in [3.05, 3.63) is 58.5 Å². The Hall–Kier alpha value is -1.89. The van der Waals surface area contributed by atoms with Crippen molar-refractivity contribution in [2.24, 2.45) is 5.92 Å². The summed E-state index contributed by atoms with van der Waals surface area (Å²) in [7, 11) is -3.95. The van der Waals surface area contributed by atoms with Crippen molar-refractivity contribution in [3.63, 3.8) is 0 Å². The number of anilines is 1. The highest BCUT2D eigenvalue weighted by Crippen LogP contribution is 2.38. The summed E-state index contributed by atoms with van der Waals surface area (Å²) in [5.74, 6) is 0.126. The van der Waals surface area contributed by atoms with Gasteiger partial charge in [-0.2, -0.15) is 0 Å². The summed E-state index contributed by atoms with van der Waals surface area (Å²) in [5.41, 5.74) is 1.04. The molecule has 4 rings (SSSR count). The van der Waals surface area contributed by atoms with E-state index in [2.05, 4.69) is 11.9 Å². The third-order valence-corrected chi connectivity index (χ3v) is 7.85. The fourth-order valence-electron chi connectivity index (χ4n) is 3.66. The minimum absolute atomic E-state index is 0.0241. The number of pyridine rings is 1. The Balaban J connectivity index is 1.96. The quantitative estimate of drug-likeness (QED) is 0.507. The number of nitrogens with zero attached hydrogens (tertiary/aromatic N) is 2. The van der Waals surface area contributed by atoms with Gasteiger partial charge in [0.15, 0.2) is 0 Å². The van der Waals surface area contributed by atoms with Crippen LogP contribution in [0.1, 0.15) is 19.8 Å². The van der Waals surface area contributed by atoms with E-state index in [0.717, 1.165) is 12.8 Å². The van der Waals surface area contributed by atoms with E-state index in [4.69, 9.17) is 23.2 Å². The van der Waals surface area contributed by atoms with Crippen LogP contribution in [-0.2, 0) is 9.84 Å². The lowest BCUT2D eigenvalue weighted by atomic mass is 9.98. The summed E-state index contributed by atoms with van der Waals surface area (Å²) in [6.07, 6.45) is 3.22. The summed E-state index contributed by atoms with van der Waals surface area (Å²) >= 11 is 12.0. The molecule has 0 N–H and O–H groups in total. The average molecular weight is 453 g/mol. The Labute approximate surface area is 179 Å². The minimum Gasteiger partial charge on any atom is -0.370 e. The molecule has 1 fully saturated rings. The number of piperidine rings is 1. The van der Waals surface area contributed by atoms with Crippen LogP contribution in [0, 0.1) is 11.7 Å². The lowest BCUT2D eigenvalue weighted by molar-refractivity contribution is 0.437. The average Bonchev–Trinajstić information content (AvgIpc) is 2.69. The normalized spacial score (nSPS) is 15.8. The van der Waals surface area contributed by atoms with Crippen LogP contribution < -0.4 is 4.90 Å². The van der Waals surface area contributed by atoms with Crippen LogP contribution in [0.2, 0.25) is 10.0 Å². The molecule has 0 saturated carbocycles. The minimum atomic E-state index is -3.95. The number of rotatable bonds is 3. The van der Waals surface area contributed by atoms with E-state index in [1.54, 1.807) is 6.07 Å². The summed E-state index contributed by atoms with van der Waals surface area (Å²) in [4.78, 5) is 6.38. The van der Waals surface area contributed by atoms with E-state index < -0.39 is 15.7 Å². The number of sulfone groups is 1. The fourth-order valence-corrected chi connectivity index (χ4v) is 5.48. The van der Waals surface area contributed by atoms with Gasteiger partial charge in [-0.3, -0.25) is 4.98 Å². The van der Waals surface area contributed by atoms with Gasteiger partial charge in [0, 0.05) is 24.7 Å². The van der Waals surface area contributed by atoms with Crippen LogP contribution >= 0.6 is 23.2 Å². The molecule has 0 amide bonds. The van der Waals surface area contributed by atoms with Gasteiger partial charge in [-0.25, -0.2) is 12.8 Å². The molecule has 1 aromatic heterocycles. The molecule has 3 aromatic rings. The highest BCUT2D eigenvalue weighted by atomic mass is 35.5. The van der Waals surface area contributed by atoms with Crippen molar-refractivity contribution in [1.29, 1.82) is 0 Å². The summed E-state index contributed by atoms with van der Waals surface area (Å²) in [5, 5.41) is 0.913. The van der Waals surface area contributed by atoms with Crippen molar-refractivity contribution in [2.45, 2.75) is 29.6 Å². The second-order valence-electron chi connectivity index (χ2n) is 7.38. The Kier molecular flexibility index (Phi) is 5.44. The first-order valence-electron chi connectivity index (χ1n) is 9.30. The smallest absolute Gasteiger partial charge is 0.210 e. The molecule has 0 unspecified atom stereocenters. The van der Waals surface area contributed by atoms with E-state index in [0.29, 0.717) is 35.6 Å². The van der Waals surface area contributed by atoms with Crippen LogP contribution in [0.3, 0.4) is 0 Å². The maximum atomic E-state index is 14.1. The van der Waals surface area contributed by atoms with Crippen LogP contribution in [0.5, 0.6) is 0 Å². The third-order valence-electron chi connectivity index (χ3n) is 5.36. The van der Waals surface area contributed by atoms with Gasteiger partial charge < -0.3 is 4.90 Å². The lowest BCUT2D eigenvalue weighted by Gasteiger charge is -2.34. The molecule has 8 heteroatoms. The topological polar surface area (TPSA) is 50.3 Å². The fraction of sp³-hybridized carbons (Fsp3) is 0.286. The van der Waals surface area contributed by atoms with Gasteiger partial charge in [-0.1, -0.05) is 30.1 Å². The molecule has 1 aliphatic heterocycles. The third kappa shape index (κ3) is 3.81. The van der Waals surface area contributed by atoms with Crippen LogP contribution in [0.25, 0.3) is 10.9 Å². The summed E-state index contributed by atoms with van der Waals surface area (Å²) in [6, 6.07) is 8.44.